The van der Waals surface area contributed by atoms with Crippen LogP contribution >= 0.6 is 0 Å². The molecule has 0 saturated heterocycles. The fraction of sp³-hybridized carbons (Fsp3) is 0.350. The van der Waals surface area contributed by atoms with Crippen molar-refractivity contribution >= 4 is 11.6 Å². The summed E-state index contributed by atoms with van der Waals surface area (Å²) in [6, 6.07) is 13.6. The van der Waals surface area contributed by atoms with E-state index in [-0.39, 0.29) is 5.91 Å². The first kappa shape index (κ1) is 17.9. The largest absolute Gasteiger partial charge is 0.496 e. The Hall–Kier alpha value is -2.49. The van der Waals surface area contributed by atoms with Gasteiger partial charge in [0.05, 0.1) is 18.4 Å². The molecule has 2 rings (SSSR count). The third-order valence-electron chi connectivity index (χ3n) is 3.99. The average molecular weight is 327 g/mol. The Morgan fingerprint density at radius 3 is 2.46 bits per heavy atom. The maximum atomic E-state index is 12.3. The molecule has 0 N–H and O–H groups in total. The van der Waals surface area contributed by atoms with Crippen molar-refractivity contribution in [2.45, 2.75) is 33.3 Å². The first-order valence-corrected chi connectivity index (χ1v) is 8.19. The Bertz CT molecular complexity index is 697. The fourth-order valence-corrected chi connectivity index (χ4v) is 2.59. The minimum Gasteiger partial charge on any atom is -0.496 e. The van der Waals surface area contributed by atoms with Crippen LogP contribution < -0.4 is 14.4 Å². The number of ether oxygens (including phenoxy) is 2. The molecule has 0 aliphatic carbocycles. The number of nitrogens with zero attached hydrogens (tertiary/aromatic N) is 1. The normalized spacial score (nSPS) is 10.3. The van der Waals surface area contributed by atoms with E-state index in [4.69, 9.17) is 9.47 Å². The monoisotopic (exact) mass is 327 g/mol. The highest BCUT2D eigenvalue weighted by atomic mass is 16.5. The lowest BCUT2D eigenvalue weighted by molar-refractivity contribution is -0.118. The second kappa shape index (κ2) is 8.39. The molecule has 0 aliphatic heterocycles. The van der Waals surface area contributed by atoms with Gasteiger partial charge in [0.1, 0.15) is 18.1 Å². The molecule has 0 radical (unpaired) electrons. The van der Waals surface area contributed by atoms with Gasteiger partial charge in [-0.25, -0.2) is 0 Å². The highest BCUT2D eigenvalue weighted by molar-refractivity contribution is 5.93. The van der Waals surface area contributed by atoms with Crippen LogP contribution in [0.2, 0.25) is 0 Å². The fourth-order valence-electron chi connectivity index (χ4n) is 2.59. The molecule has 4 heteroatoms. The zero-order chi connectivity index (χ0) is 17.5. The number of benzene rings is 2. The first-order chi connectivity index (χ1) is 11.6. The Morgan fingerprint density at radius 2 is 1.79 bits per heavy atom. The number of rotatable bonds is 7. The van der Waals surface area contributed by atoms with Crippen LogP contribution in [0.15, 0.2) is 42.5 Å². The summed E-state index contributed by atoms with van der Waals surface area (Å²) in [6.07, 6.45) is 1.34. The minimum atomic E-state index is 0.0860. The highest BCUT2D eigenvalue weighted by Gasteiger charge is 2.17. The van der Waals surface area contributed by atoms with Gasteiger partial charge in [-0.3, -0.25) is 4.79 Å². The van der Waals surface area contributed by atoms with Gasteiger partial charge in [0.25, 0.3) is 0 Å². The van der Waals surface area contributed by atoms with Gasteiger partial charge in [0.2, 0.25) is 5.91 Å². The lowest BCUT2D eigenvalue weighted by atomic mass is 10.1. The van der Waals surface area contributed by atoms with E-state index < -0.39 is 0 Å². The summed E-state index contributed by atoms with van der Waals surface area (Å²) in [5, 5.41) is 0. The van der Waals surface area contributed by atoms with Gasteiger partial charge in [0.15, 0.2) is 0 Å². The third kappa shape index (κ3) is 4.07. The molecule has 0 bridgehead atoms. The number of hydrogen-bond acceptors (Lipinski definition) is 3. The second-order valence-corrected chi connectivity index (χ2v) is 5.71. The molecule has 0 atom stereocenters. The molecule has 2 aromatic rings. The maximum absolute atomic E-state index is 12.3. The molecule has 24 heavy (non-hydrogen) atoms. The van der Waals surface area contributed by atoms with E-state index in [2.05, 4.69) is 0 Å². The standard InChI is InChI=1S/C20H25NO3/c1-5-9-20(22)21(3)17-11-8-13-19(23-4)16(17)14-24-18-12-7-6-10-15(18)2/h6-8,10-13H,5,9,14H2,1-4H3. The van der Waals surface area contributed by atoms with Gasteiger partial charge in [0, 0.05) is 13.5 Å². The van der Waals surface area contributed by atoms with E-state index in [0.717, 1.165) is 34.7 Å². The number of anilines is 1. The second-order valence-electron chi connectivity index (χ2n) is 5.71. The highest BCUT2D eigenvalue weighted by Crippen LogP contribution is 2.31. The molecule has 4 nitrogen and oxygen atoms in total. The maximum Gasteiger partial charge on any atom is 0.226 e. The SMILES string of the molecule is CCCC(=O)N(C)c1cccc(OC)c1COc1ccccc1C. The third-order valence-corrected chi connectivity index (χ3v) is 3.99. The van der Waals surface area contributed by atoms with Gasteiger partial charge in [-0.05, 0) is 37.1 Å². The van der Waals surface area contributed by atoms with E-state index in [9.17, 15) is 4.79 Å². The van der Waals surface area contributed by atoms with Crippen LogP contribution in [0.3, 0.4) is 0 Å². The Kier molecular flexibility index (Phi) is 6.24. The summed E-state index contributed by atoms with van der Waals surface area (Å²) in [5.74, 6) is 1.64. The van der Waals surface area contributed by atoms with E-state index >= 15 is 0 Å². The van der Waals surface area contributed by atoms with Crippen molar-refractivity contribution in [2.75, 3.05) is 19.1 Å². The number of amides is 1. The molecule has 0 spiro atoms. The van der Waals surface area contributed by atoms with Crippen LogP contribution in [-0.4, -0.2) is 20.1 Å². The minimum absolute atomic E-state index is 0.0860. The number of methoxy groups -OCH3 is 1. The average Bonchev–Trinajstić information content (AvgIpc) is 2.60. The summed E-state index contributed by atoms with van der Waals surface area (Å²) >= 11 is 0. The molecule has 0 aromatic heterocycles. The van der Waals surface area contributed by atoms with E-state index in [1.807, 2.05) is 56.3 Å². The van der Waals surface area contributed by atoms with Gasteiger partial charge < -0.3 is 14.4 Å². The Morgan fingerprint density at radius 1 is 1.08 bits per heavy atom. The van der Waals surface area contributed by atoms with Crippen molar-refractivity contribution < 1.29 is 14.3 Å². The van der Waals surface area contributed by atoms with Crippen molar-refractivity contribution in [1.29, 1.82) is 0 Å². The molecule has 1 amide bonds. The lowest BCUT2D eigenvalue weighted by Crippen LogP contribution is -2.27. The van der Waals surface area contributed by atoms with Crippen molar-refractivity contribution in [1.82, 2.24) is 0 Å². The summed E-state index contributed by atoms with van der Waals surface area (Å²) < 4.78 is 11.5. The molecular formula is C20H25NO3. The number of carbonyl (C=O) groups is 1. The lowest BCUT2D eigenvalue weighted by Gasteiger charge is -2.22. The molecule has 0 aliphatic rings. The molecular weight excluding hydrogens is 302 g/mol. The molecule has 0 unspecified atom stereocenters. The molecule has 2 aromatic carbocycles. The number of para-hydroxylation sites is 1. The first-order valence-electron chi connectivity index (χ1n) is 8.19. The van der Waals surface area contributed by atoms with Crippen LogP contribution in [0.1, 0.15) is 30.9 Å². The van der Waals surface area contributed by atoms with E-state index in [1.165, 1.54) is 0 Å². The number of aryl methyl sites for hydroxylation is 1. The zero-order valence-electron chi connectivity index (χ0n) is 14.8. The Labute approximate surface area is 144 Å². The van der Waals surface area contributed by atoms with Crippen molar-refractivity contribution in [3.63, 3.8) is 0 Å². The molecule has 128 valence electrons. The van der Waals surface area contributed by atoms with Gasteiger partial charge in [-0.1, -0.05) is 31.2 Å². The van der Waals surface area contributed by atoms with Crippen LogP contribution in [0.4, 0.5) is 5.69 Å². The van der Waals surface area contributed by atoms with Crippen LogP contribution in [0.5, 0.6) is 11.5 Å². The molecule has 0 fully saturated rings. The van der Waals surface area contributed by atoms with E-state index in [1.54, 1.807) is 19.1 Å². The van der Waals surface area contributed by atoms with Crippen molar-refractivity contribution in [3.8, 4) is 11.5 Å². The summed E-state index contributed by atoms with van der Waals surface area (Å²) in [5.41, 5.74) is 2.76. The summed E-state index contributed by atoms with van der Waals surface area (Å²) in [6.45, 7) is 4.35. The van der Waals surface area contributed by atoms with Gasteiger partial charge in [-0.2, -0.15) is 0 Å². The smallest absolute Gasteiger partial charge is 0.226 e. The number of hydrogen-bond donors (Lipinski definition) is 0. The summed E-state index contributed by atoms with van der Waals surface area (Å²) in [4.78, 5) is 14.0. The topological polar surface area (TPSA) is 38.8 Å². The number of carbonyl (C=O) groups excluding carboxylic acids is 1. The van der Waals surface area contributed by atoms with Crippen molar-refractivity contribution in [3.05, 3.63) is 53.6 Å². The molecule has 0 heterocycles. The summed E-state index contributed by atoms with van der Waals surface area (Å²) in [7, 11) is 3.42. The van der Waals surface area contributed by atoms with Crippen LogP contribution in [0, 0.1) is 6.92 Å². The van der Waals surface area contributed by atoms with E-state index in [0.29, 0.717) is 13.0 Å². The predicted molar refractivity (Wildman–Crippen MR) is 96.8 cm³/mol. The zero-order valence-corrected chi connectivity index (χ0v) is 14.8. The van der Waals surface area contributed by atoms with Crippen LogP contribution in [-0.2, 0) is 11.4 Å². The Balaban J connectivity index is 2.30. The quantitative estimate of drug-likeness (QED) is 0.759. The predicted octanol–water partition coefficient (Wildman–Crippen LogP) is 4.35. The van der Waals surface area contributed by atoms with Gasteiger partial charge in [-0.15, -0.1) is 0 Å². The van der Waals surface area contributed by atoms with Crippen molar-refractivity contribution in [2.24, 2.45) is 0 Å². The van der Waals surface area contributed by atoms with Crippen LogP contribution in [0.25, 0.3) is 0 Å². The molecule has 0 saturated carbocycles. The van der Waals surface area contributed by atoms with Gasteiger partial charge >= 0.3 is 0 Å².